The lowest BCUT2D eigenvalue weighted by atomic mass is 10.1. The highest BCUT2D eigenvalue weighted by molar-refractivity contribution is 9.10. The molecular formula is C16H17BrN2OS. The summed E-state index contributed by atoms with van der Waals surface area (Å²) in [6, 6.07) is 15.9. The van der Waals surface area contributed by atoms with Crippen LogP contribution in [0.5, 0.6) is 5.75 Å². The molecule has 2 N–H and O–H groups in total. The third-order valence-corrected chi connectivity index (χ3v) is 3.76. The first-order chi connectivity index (χ1) is 10.1. The maximum absolute atomic E-state index is 5.34. The number of thiocarbonyl (C=S) groups is 1. The molecule has 2 rings (SSSR count). The summed E-state index contributed by atoms with van der Waals surface area (Å²) in [5.41, 5.74) is 2.10. The van der Waals surface area contributed by atoms with E-state index >= 15 is 0 Å². The predicted octanol–water partition coefficient (Wildman–Crippen LogP) is 4.51. The van der Waals surface area contributed by atoms with Gasteiger partial charge < -0.3 is 15.4 Å². The van der Waals surface area contributed by atoms with Crippen LogP contribution in [0.2, 0.25) is 0 Å². The van der Waals surface area contributed by atoms with Gasteiger partial charge in [0.15, 0.2) is 5.11 Å². The van der Waals surface area contributed by atoms with Crippen molar-refractivity contribution in [3.05, 3.63) is 58.6 Å². The van der Waals surface area contributed by atoms with Gasteiger partial charge in [-0.25, -0.2) is 0 Å². The van der Waals surface area contributed by atoms with E-state index in [1.54, 1.807) is 7.11 Å². The molecule has 0 aliphatic rings. The van der Waals surface area contributed by atoms with Crippen LogP contribution in [0, 0.1) is 0 Å². The summed E-state index contributed by atoms with van der Waals surface area (Å²) in [6.45, 7) is 2.07. The minimum Gasteiger partial charge on any atom is -0.497 e. The molecule has 1 atom stereocenters. The zero-order chi connectivity index (χ0) is 15.2. The molecule has 0 saturated carbocycles. The Kier molecular flexibility index (Phi) is 5.59. The fourth-order valence-electron chi connectivity index (χ4n) is 1.91. The van der Waals surface area contributed by atoms with Crippen molar-refractivity contribution in [3.63, 3.8) is 0 Å². The average molecular weight is 365 g/mol. The number of ether oxygens (including phenoxy) is 1. The molecule has 0 heterocycles. The summed E-state index contributed by atoms with van der Waals surface area (Å²) < 4.78 is 6.17. The number of anilines is 1. The first-order valence-corrected chi connectivity index (χ1v) is 7.75. The van der Waals surface area contributed by atoms with Crippen molar-refractivity contribution in [1.82, 2.24) is 5.32 Å². The van der Waals surface area contributed by atoms with Gasteiger partial charge in [-0.05, 0) is 55.0 Å². The SMILES string of the molecule is COc1ccc(C(C)NC(=S)Nc2cccc(Br)c2)cc1. The second-order valence-corrected chi connectivity index (χ2v) is 5.93. The van der Waals surface area contributed by atoms with Crippen LogP contribution in [-0.2, 0) is 0 Å². The molecule has 0 aliphatic carbocycles. The first-order valence-electron chi connectivity index (χ1n) is 6.55. The molecule has 5 heteroatoms. The van der Waals surface area contributed by atoms with E-state index in [-0.39, 0.29) is 6.04 Å². The van der Waals surface area contributed by atoms with Crippen LogP contribution in [0.3, 0.4) is 0 Å². The topological polar surface area (TPSA) is 33.3 Å². The van der Waals surface area contributed by atoms with Gasteiger partial charge in [-0.3, -0.25) is 0 Å². The molecule has 0 amide bonds. The summed E-state index contributed by atoms with van der Waals surface area (Å²) >= 11 is 8.78. The van der Waals surface area contributed by atoms with E-state index in [4.69, 9.17) is 17.0 Å². The van der Waals surface area contributed by atoms with Crippen LogP contribution >= 0.6 is 28.1 Å². The zero-order valence-corrected chi connectivity index (χ0v) is 14.3. The average Bonchev–Trinajstić information content (AvgIpc) is 2.47. The predicted molar refractivity (Wildman–Crippen MR) is 94.9 cm³/mol. The van der Waals surface area contributed by atoms with Crippen molar-refractivity contribution >= 4 is 38.9 Å². The quantitative estimate of drug-likeness (QED) is 0.782. The third-order valence-electron chi connectivity index (χ3n) is 3.05. The monoisotopic (exact) mass is 364 g/mol. The summed E-state index contributed by atoms with van der Waals surface area (Å²) in [7, 11) is 1.66. The van der Waals surface area contributed by atoms with Gasteiger partial charge in [-0.15, -0.1) is 0 Å². The molecule has 2 aromatic carbocycles. The number of halogens is 1. The number of hydrogen-bond acceptors (Lipinski definition) is 2. The lowest BCUT2D eigenvalue weighted by Gasteiger charge is -2.17. The Morgan fingerprint density at radius 2 is 1.90 bits per heavy atom. The lowest BCUT2D eigenvalue weighted by molar-refractivity contribution is 0.414. The number of benzene rings is 2. The van der Waals surface area contributed by atoms with Crippen molar-refractivity contribution in [2.75, 3.05) is 12.4 Å². The Morgan fingerprint density at radius 3 is 2.52 bits per heavy atom. The highest BCUT2D eigenvalue weighted by Crippen LogP contribution is 2.18. The number of rotatable bonds is 4. The molecule has 0 bridgehead atoms. The molecule has 0 radical (unpaired) electrons. The van der Waals surface area contributed by atoms with Crippen molar-refractivity contribution in [2.24, 2.45) is 0 Å². The van der Waals surface area contributed by atoms with Gasteiger partial charge in [-0.1, -0.05) is 34.1 Å². The molecule has 0 fully saturated rings. The van der Waals surface area contributed by atoms with Gasteiger partial charge in [0.25, 0.3) is 0 Å². The van der Waals surface area contributed by atoms with Gasteiger partial charge in [0.2, 0.25) is 0 Å². The van der Waals surface area contributed by atoms with Crippen LogP contribution in [0.1, 0.15) is 18.5 Å². The zero-order valence-electron chi connectivity index (χ0n) is 11.9. The molecule has 0 spiro atoms. The van der Waals surface area contributed by atoms with E-state index in [9.17, 15) is 0 Å². The molecular weight excluding hydrogens is 348 g/mol. The van der Waals surface area contributed by atoms with E-state index in [1.165, 1.54) is 0 Å². The Hall–Kier alpha value is -1.59. The Morgan fingerprint density at radius 1 is 1.19 bits per heavy atom. The fraction of sp³-hybridized carbons (Fsp3) is 0.188. The molecule has 0 aliphatic heterocycles. The highest BCUT2D eigenvalue weighted by atomic mass is 79.9. The summed E-state index contributed by atoms with van der Waals surface area (Å²) in [5.74, 6) is 0.848. The van der Waals surface area contributed by atoms with Crippen LogP contribution in [0.15, 0.2) is 53.0 Å². The third kappa shape index (κ3) is 4.72. The maximum Gasteiger partial charge on any atom is 0.171 e. The fourth-order valence-corrected chi connectivity index (χ4v) is 2.60. The maximum atomic E-state index is 5.34. The minimum absolute atomic E-state index is 0.114. The van der Waals surface area contributed by atoms with Crippen molar-refractivity contribution in [3.8, 4) is 5.75 Å². The summed E-state index contributed by atoms with van der Waals surface area (Å²) in [5, 5.41) is 7.03. The first kappa shape index (κ1) is 15.8. The van der Waals surface area contributed by atoms with E-state index < -0.39 is 0 Å². The van der Waals surface area contributed by atoms with Crippen molar-refractivity contribution in [2.45, 2.75) is 13.0 Å². The van der Waals surface area contributed by atoms with Crippen LogP contribution in [0.4, 0.5) is 5.69 Å². The Labute approximate surface area is 138 Å². The van der Waals surface area contributed by atoms with Gasteiger partial charge in [0.05, 0.1) is 13.2 Å². The van der Waals surface area contributed by atoms with E-state index in [1.807, 2.05) is 48.5 Å². The largest absolute Gasteiger partial charge is 0.497 e. The van der Waals surface area contributed by atoms with Gasteiger partial charge in [0.1, 0.15) is 5.75 Å². The Balaban J connectivity index is 1.95. The molecule has 0 aromatic heterocycles. The second-order valence-electron chi connectivity index (χ2n) is 4.60. The lowest BCUT2D eigenvalue weighted by Crippen LogP contribution is -2.30. The van der Waals surface area contributed by atoms with Crippen LogP contribution < -0.4 is 15.4 Å². The van der Waals surface area contributed by atoms with Gasteiger partial charge in [-0.2, -0.15) is 0 Å². The van der Waals surface area contributed by atoms with Gasteiger partial charge >= 0.3 is 0 Å². The highest BCUT2D eigenvalue weighted by Gasteiger charge is 2.07. The molecule has 110 valence electrons. The number of nitrogens with one attached hydrogen (secondary N) is 2. The Bertz CT molecular complexity index is 616. The molecule has 3 nitrogen and oxygen atoms in total. The minimum atomic E-state index is 0.114. The van der Waals surface area contributed by atoms with Crippen molar-refractivity contribution < 1.29 is 4.74 Å². The normalized spacial score (nSPS) is 11.6. The molecule has 0 saturated heterocycles. The molecule has 21 heavy (non-hydrogen) atoms. The summed E-state index contributed by atoms with van der Waals surface area (Å²) in [4.78, 5) is 0. The standard InChI is InChI=1S/C16H17BrN2OS/c1-11(12-6-8-15(20-2)9-7-12)18-16(21)19-14-5-3-4-13(17)10-14/h3-11H,1-2H3,(H2,18,19,21). The van der Waals surface area contributed by atoms with Crippen LogP contribution in [-0.4, -0.2) is 12.2 Å². The van der Waals surface area contributed by atoms with Crippen LogP contribution in [0.25, 0.3) is 0 Å². The van der Waals surface area contributed by atoms with E-state index in [0.717, 1.165) is 21.5 Å². The van der Waals surface area contributed by atoms with E-state index in [2.05, 4.69) is 33.5 Å². The second kappa shape index (κ2) is 7.43. The van der Waals surface area contributed by atoms with Gasteiger partial charge in [0, 0.05) is 10.2 Å². The van der Waals surface area contributed by atoms with E-state index in [0.29, 0.717) is 5.11 Å². The number of hydrogen-bond donors (Lipinski definition) is 2. The summed E-state index contributed by atoms with van der Waals surface area (Å²) in [6.07, 6.45) is 0. The van der Waals surface area contributed by atoms with Crippen molar-refractivity contribution in [1.29, 1.82) is 0 Å². The number of methoxy groups -OCH3 is 1. The molecule has 1 unspecified atom stereocenters. The smallest absolute Gasteiger partial charge is 0.171 e. The molecule has 2 aromatic rings.